The molecule has 0 saturated heterocycles. The van der Waals surface area contributed by atoms with Crippen LogP contribution >= 0.6 is 0 Å². The van der Waals surface area contributed by atoms with Crippen LogP contribution in [0.1, 0.15) is 50.0 Å². The Bertz CT molecular complexity index is 584. The highest BCUT2D eigenvalue weighted by molar-refractivity contribution is 5.20. The second kappa shape index (κ2) is 5.98. The Balaban J connectivity index is 1.70. The summed E-state index contributed by atoms with van der Waals surface area (Å²) in [5, 5.41) is 3.60. The number of hydrogen-bond acceptors (Lipinski definition) is 2. The molecule has 4 heteroatoms. The molecule has 0 radical (unpaired) electrons. The van der Waals surface area contributed by atoms with E-state index in [0.717, 1.165) is 12.1 Å². The van der Waals surface area contributed by atoms with Gasteiger partial charge in [0.1, 0.15) is 5.82 Å². The Kier molecular flexibility index (Phi) is 4.06. The highest BCUT2D eigenvalue weighted by atomic mass is 19.1. The van der Waals surface area contributed by atoms with Gasteiger partial charge in [0.15, 0.2) is 0 Å². The topological polar surface area (TPSA) is 29.9 Å². The molecule has 1 unspecified atom stereocenters. The molecule has 1 N–H and O–H groups in total. The van der Waals surface area contributed by atoms with Gasteiger partial charge in [0.05, 0.1) is 12.0 Å². The monoisotopic (exact) mass is 287 g/mol. The molecule has 0 amide bonds. The first kappa shape index (κ1) is 14.3. The number of halogens is 1. The highest BCUT2D eigenvalue weighted by Crippen LogP contribution is 2.35. The minimum Gasteiger partial charge on any atom is -0.330 e. The van der Waals surface area contributed by atoms with Gasteiger partial charge in [-0.3, -0.25) is 0 Å². The van der Waals surface area contributed by atoms with Gasteiger partial charge in [-0.1, -0.05) is 26.0 Å². The van der Waals surface area contributed by atoms with Gasteiger partial charge >= 0.3 is 0 Å². The van der Waals surface area contributed by atoms with E-state index in [0.29, 0.717) is 12.0 Å². The van der Waals surface area contributed by atoms with Crippen molar-refractivity contribution in [1.82, 2.24) is 14.9 Å². The molecule has 112 valence electrons. The largest absolute Gasteiger partial charge is 0.330 e. The van der Waals surface area contributed by atoms with E-state index in [1.54, 1.807) is 0 Å². The van der Waals surface area contributed by atoms with Gasteiger partial charge in [-0.15, -0.1) is 0 Å². The number of nitrogens with zero attached hydrogens (tertiary/aromatic N) is 2. The lowest BCUT2D eigenvalue weighted by Gasteiger charge is -2.23. The fourth-order valence-corrected chi connectivity index (χ4v) is 2.77. The van der Waals surface area contributed by atoms with Crippen molar-refractivity contribution in [3.05, 3.63) is 53.9 Å². The van der Waals surface area contributed by atoms with Crippen molar-refractivity contribution >= 4 is 0 Å². The van der Waals surface area contributed by atoms with Crippen LogP contribution in [0.2, 0.25) is 0 Å². The molecule has 21 heavy (non-hydrogen) atoms. The van der Waals surface area contributed by atoms with Gasteiger partial charge in [-0.25, -0.2) is 9.37 Å². The van der Waals surface area contributed by atoms with Gasteiger partial charge in [-0.05, 0) is 36.5 Å². The second-order valence-corrected chi connectivity index (χ2v) is 6.18. The molecule has 3 rings (SSSR count). The molecular weight excluding hydrogens is 265 g/mol. The van der Waals surface area contributed by atoms with E-state index in [2.05, 4.69) is 28.7 Å². The standard InChI is InChI=1S/C17H22FN3/c1-12(2)17(13-3-5-14(18)6-4-13)20-10-16-9-19-11-21(16)15-7-8-15/h3-6,9,11-12,15,17,20H,7-8,10H2,1-2H3. The Morgan fingerprint density at radius 1 is 1.29 bits per heavy atom. The van der Waals surface area contributed by atoms with E-state index in [1.165, 1.54) is 30.7 Å². The molecule has 0 aliphatic heterocycles. The minimum absolute atomic E-state index is 0.187. The lowest BCUT2D eigenvalue weighted by atomic mass is 9.96. The summed E-state index contributed by atoms with van der Waals surface area (Å²) >= 11 is 0. The Hall–Kier alpha value is -1.68. The molecule has 1 atom stereocenters. The van der Waals surface area contributed by atoms with E-state index in [1.807, 2.05) is 24.7 Å². The Morgan fingerprint density at radius 2 is 2.00 bits per heavy atom. The van der Waals surface area contributed by atoms with E-state index >= 15 is 0 Å². The quantitative estimate of drug-likeness (QED) is 0.874. The smallest absolute Gasteiger partial charge is 0.123 e. The summed E-state index contributed by atoms with van der Waals surface area (Å²) in [4.78, 5) is 4.26. The maximum absolute atomic E-state index is 13.1. The predicted octanol–water partition coefficient (Wildman–Crippen LogP) is 3.84. The van der Waals surface area contributed by atoms with Crippen molar-refractivity contribution in [3.63, 3.8) is 0 Å². The lowest BCUT2D eigenvalue weighted by Crippen LogP contribution is -2.26. The molecule has 0 bridgehead atoms. The fraction of sp³-hybridized carbons (Fsp3) is 0.471. The van der Waals surface area contributed by atoms with Crippen molar-refractivity contribution in [2.24, 2.45) is 5.92 Å². The maximum atomic E-state index is 13.1. The van der Waals surface area contributed by atoms with Crippen LogP contribution in [-0.2, 0) is 6.54 Å². The number of imidazole rings is 1. The zero-order valence-electron chi connectivity index (χ0n) is 12.6. The number of aromatic nitrogens is 2. The average Bonchev–Trinajstić information content (AvgIpc) is 3.20. The van der Waals surface area contributed by atoms with Crippen LogP contribution < -0.4 is 5.32 Å². The summed E-state index contributed by atoms with van der Waals surface area (Å²) in [5.74, 6) is 0.251. The van der Waals surface area contributed by atoms with Gasteiger partial charge in [0, 0.05) is 24.8 Å². The van der Waals surface area contributed by atoms with Crippen LogP contribution in [0.15, 0.2) is 36.8 Å². The fourth-order valence-electron chi connectivity index (χ4n) is 2.77. The van der Waals surface area contributed by atoms with Gasteiger partial charge in [0.2, 0.25) is 0 Å². The van der Waals surface area contributed by atoms with Gasteiger partial charge < -0.3 is 9.88 Å². The molecule has 1 aromatic carbocycles. The third-order valence-electron chi connectivity index (χ3n) is 4.09. The Labute approximate surface area is 125 Å². The van der Waals surface area contributed by atoms with Gasteiger partial charge in [-0.2, -0.15) is 0 Å². The predicted molar refractivity (Wildman–Crippen MR) is 81.3 cm³/mol. The first-order valence-corrected chi connectivity index (χ1v) is 7.64. The highest BCUT2D eigenvalue weighted by Gasteiger charge is 2.25. The third-order valence-corrected chi connectivity index (χ3v) is 4.09. The summed E-state index contributed by atoms with van der Waals surface area (Å²) in [6.45, 7) is 5.15. The van der Waals surface area contributed by atoms with E-state index in [-0.39, 0.29) is 11.9 Å². The minimum atomic E-state index is -0.187. The molecule has 0 spiro atoms. The summed E-state index contributed by atoms with van der Waals surface area (Å²) in [6.07, 6.45) is 6.38. The zero-order valence-corrected chi connectivity index (χ0v) is 12.6. The number of nitrogens with one attached hydrogen (secondary N) is 1. The van der Waals surface area contributed by atoms with Crippen molar-refractivity contribution < 1.29 is 4.39 Å². The normalized spacial score (nSPS) is 16.4. The average molecular weight is 287 g/mol. The first-order valence-electron chi connectivity index (χ1n) is 7.64. The molecule has 1 aromatic heterocycles. The van der Waals surface area contributed by atoms with Crippen LogP contribution in [0, 0.1) is 11.7 Å². The summed E-state index contributed by atoms with van der Waals surface area (Å²) in [6, 6.07) is 7.65. The van der Waals surface area contributed by atoms with E-state index in [4.69, 9.17) is 0 Å². The molecule has 1 aliphatic rings. The Morgan fingerprint density at radius 3 is 2.62 bits per heavy atom. The van der Waals surface area contributed by atoms with Crippen LogP contribution in [0.3, 0.4) is 0 Å². The molecular formula is C17H22FN3. The van der Waals surface area contributed by atoms with Crippen molar-refractivity contribution in [2.45, 2.75) is 45.3 Å². The molecule has 2 aromatic rings. The summed E-state index contributed by atoms with van der Waals surface area (Å²) < 4.78 is 15.3. The number of rotatable bonds is 6. The first-order chi connectivity index (χ1) is 10.1. The number of hydrogen-bond donors (Lipinski definition) is 1. The van der Waals surface area contributed by atoms with Gasteiger partial charge in [0.25, 0.3) is 0 Å². The van der Waals surface area contributed by atoms with E-state index in [9.17, 15) is 4.39 Å². The molecule has 1 aliphatic carbocycles. The van der Waals surface area contributed by atoms with Crippen LogP contribution in [0.5, 0.6) is 0 Å². The molecule has 3 nitrogen and oxygen atoms in total. The second-order valence-electron chi connectivity index (χ2n) is 6.18. The van der Waals surface area contributed by atoms with Crippen molar-refractivity contribution in [3.8, 4) is 0 Å². The van der Waals surface area contributed by atoms with Crippen LogP contribution in [-0.4, -0.2) is 9.55 Å². The molecule has 1 saturated carbocycles. The van der Waals surface area contributed by atoms with Crippen molar-refractivity contribution in [1.29, 1.82) is 0 Å². The molecule has 1 heterocycles. The van der Waals surface area contributed by atoms with Crippen LogP contribution in [0.4, 0.5) is 4.39 Å². The maximum Gasteiger partial charge on any atom is 0.123 e. The van der Waals surface area contributed by atoms with Crippen LogP contribution in [0.25, 0.3) is 0 Å². The van der Waals surface area contributed by atoms with E-state index < -0.39 is 0 Å². The summed E-state index contributed by atoms with van der Waals surface area (Å²) in [7, 11) is 0. The zero-order chi connectivity index (χ0) is 14.8. The SMILES string of the molecule is CC(C)C(NCc1cncn1C1CC1)c1ccc(F)cc1. The number of benzene rings is 1. The summed E-state index contributed by atoms with van der Waals surface area (Å²) in [5.41, 5.74) is 2.36. The lowest BCUT2D eigenvalue weighted by molar-refractivity contribution is 0.404. The third kappa shape index (κ3) is 3.32. The van der Waals surface area contributed by atoms with Crippen molar-refractivity contribution in [2.75, 3.05) is 0 Å². The molecule has 1 fully saturated rings.